The molecule has 142 valence electrons. The zero-order chi connectivity index (χ0) is 19.8. The van der Waals surface area contributed by atoms with E-state index in [1.54, 1.807) is 23.1 Å². The van der Waals surface area contributed by atoms with Crippen molar-refractivity contribution < 1.29 is 14.3 Å². The van der Waals surface area contributed by atoms with Crippen LogP contribution in [0.5, 0.6) is 11.5 Å². The van der Waals surface area contributed by atoms with E-state index in [2.05, 4.69) is 6.07 Å². The molecular weight excluding hydrogens is 340 g/mol. The van der Waals surface area contributed by atoms with E-state index in [1.165, 1.54) is 0 Å². The molecule has 0 saturated carbocycles. The van der Waals surface area contributed by atoms with Gasteiger partial charge in [0.05, 0.1) is 25.7 Å². The second-order valence-corrected chi connectivity index (χ2v) is 6.16. The Morgan fingerprint density at radius 3 is 2.33 bits per heavy atom. The minimum absolute atomic E-state index is 0.169. The van der Waals surface area contributed by atoms with Crippen LogP contribution in [-0.2, 0) is 0 Å². The standard InChI is InChI=1S/C22H26N2O3/c1-5-26-20-11-9-18(15-21(20)27-6-2)22(25)24(13-7-12-23)19-10-8-16(3)17(4)14-19/h8-11,14-15H,5-7,13H2,1-4H3. The van der Waals surface area contributed by atoms with Crippen molar-refractivity contribution in [2.75, 3.05) is 24.7 Å². The number of hydrogen-bond acceptors (Lipinski definition) is 4. The lowest BCUT2D eigenvalue weighted by molar-refractivity contribution is 0.0987. The fourth-order valence-corrected chi connectivity index (χ4v) is 2.74. The molecule has 2 rings (SSSR count). The first kappa shape index (κ1) is 20.3. The van der Waals surface area contributed by atoms with Gasteiger partial charge in [-0.3, -0.25) is 4.79 Å². The number of rotatable bonds is 8. The molecule has 0 radical (unpaired) electrons. The molecule has 0 heterocycles. The van der Waals surface area contributed by atoms with E-state index < -0.39 is 0 Å². The molecule has 0 fully saturated rings. The Labute approximate surface area is 161 Å². The van der Waals surface area contributed by atoms with Crippen molar-refractivity contribution in [2.24, 2.45) is 0 Å². The maximum atomic E-state index is 13.2. The Morgan fingerprint density at radius 2 is 1.70 bits per heavy atom. The fraction of sp³-hybridized carbons (Fsp3) is 0.364. The highest BCUT2D eigenvalue weighted by atomic mass is 16.5. The third-order valence-electron chi connectivity index (χ3n) is 4.28. The lowest BCUT2D eigenvalue weighted by Gasteiger charge is -2.23. The van der Waals surface area contributed by atoms with Gasteiger partial charge in [-0.1, -0.05) is 6.07 Å². The predicted molar refractivity (Wildman–Crippen MR) is 107 cm³/mol. The summed E-state index contributed by atoms with van der Waals surface area (Å²) in [5, 5.41) is 9.00. The summed E-state index contributed by atoms with van der Waals surface area (Å²) >= 11 is 0. The minimum Gasteiger partial charge on any atom is -0.490 e. The van der Waals surface area contributed by atoms with Crippen LogP contribution >= 0.6 is 0 Å². The number of nitrogens with zero attached hydrogens (tertiary/aromatic N) is 2. The zero-order valence-electron chi connectivity index (χ0n) is 16.4. The van der Waals surface area contributed by atoms with E-state index in [-0.39, 0.29) is 12.3 Å². The molecule has 0 aliphatic heterocycles. The molecular formula is C22H26N2O3. The molecule has 2 aromatic rings. The molecule has 0 atom stereocenters. The van der Waals surface area contributed by atoms with Gasteiger partial charge in [-0.2, -0.15) is 5.26 Å². The van der Waals surface area contributed by atoms with Crippen LogP contribution in [0.15, 0.2) is 36.4 Å². The molecule has 1 amide bonds. The first-order valence-electron chi connectivity index (χ1n) is 9.17. The minimum atomic E-state index is -0.169. The molecule has 0 aliphatic carbocycles. The van der Waals surface area contributed by atoms with Gasteiger partial charge >= 0.3 is 0 Å². The van der Waals surface area contributed by atoms with Crippen LogP contribution in [0.25, 0.3) is 0 Å². The van der Waals surface area contributed by atoms with E-state index in [4.69, 9.17) is 14.7 Å². The first-order chi connectivity index (χ1) is 13.0. The van der Waals surface area contributed by atoms with Crippen LogP contribution < -0.4 is 14.4 Å². The Bertz CT molecular complexity index is 840. The highest BCUT2D eigenvalue weighted by Crippen LogP contribution is 2.30. The lowest BCUT2D eigenvalue weighted by atomic mass is 10.1. The number of anilines is 1. The third kappa shape index (κ3) is 5.01. The summed E-state index contributed by atoms with van der Waals surface area (Å²) in [6.07, 6.45) is 0.258. The Hall–Kier alpha value is -3.00. The third-order valence-corrected chi connectivity index (χ3v) is 4.28. The van der Waals surface area contributed by atoms with Gasteiger partial charge in [-0.25, -0.2) is 0 Å². The van der Waals surface area contributed by atoms with Gasteiger partial charge in [-0.05, 0) is 69.2 Å². The van der Waals surface area contributed by atoms with Gasteiger partial charge in [0.2, 0.25) is 0 Å². The van der Waals surface area contributed by atoms with Crippen LogP contribution in [0.3, 0.4) is 0 Å². The van der Waals surface area contributed by atoms with Crippen molar-refractivity contribution in [1.82, 2.24) is 0 Å². The van der Waals surface area contributed by atoms with Gasteiger partial charge < -0.3 is 14.4 Å². The van der Waals surface area contributed by atoms with Crippen molar-refractivity contribution in [2.45, 2.75) is 34.1 Å². The largest absolute Gasteiger partial charge is 0.490 e. The van der Waals surface area contributed by atoms with E-state index >= 15 is 0 Å². The van der Waals surface area contributed by atoms with E-state index in [0.29, 0.717) is 36.8 Å². The molecule has 0 unspecified atom stereocenters. The summed E-state index contributed by atoms with van der Waals surface area (Å²) in [5.74, 6) is 0.994. The monoisotopic (exact) mass is 366 g/mol. The van der Waals surface area contributed by atoms with Crippen LogP contribution in [0.4, 0.5) is 5.69 Å². The maximum absolute atomic E-state index is 13.2. The SMILES string of the molecule is CCOc1ccc(C(=O)N(CCC#N)c2ccc(C)c(C)c2)cc1OCC. The quantitative estimate of drug-likeness (QED) is 0.681. The number of amides is 1. The molecule has 0 spiro atoms. The molecule has 27 heavy (non-hydrogen) atoms. The van der Waals surface area contributed by atoms with Gasteiger partial charge in [0, 0.05) is 17.8 Å². The Kier molecular flexibility index (Phi) is 7.25. The summed E-state index contributed by atoms with van der Waals surface area (Å²) in [7, 11) is 0. The van der Waals surface area contributed by atoms with Crippen LogP contribution in [0.1, 0.15) is 41.8 Å². The van der Waals surface area contributed by atoms with Crippen molar-refractivity contribution in [3.63, 3.8) is 0 Å². The van der Waals surface area contributed by atoms with Gasteiger partial charge in [0.15, 0.2) is 11.5 Å². The number of nitriles is 1. The topological polar surface area (TPSA) is 62.6 Å². The molecule has 5 nitrogen and oxygen atoms in total. The molecule has 5 heteroatoms. The molecule has 0 aromatic heterocycles. The number of ether oxygens (including phenoxy) is 2. The van der Waals surface area contributed by atoms with Crippen molar-refractivity contribution >= 4 is 11.6 Å². The lowest BCUT2D eigenvalue weighted by Crippen LogP contribution is -2.32. The van der Waals surface area contributed by atoms with Crippen molar-refractivity contribution in [3.05, 3.63) is 53.1 Å². The molecule has 2 aromatic carbocycles. The van der Waals surface area contributed by atoms with Crippen LogP contribution in [0.2, 0.25) is 0 Å². The molecule has 0 saturated heterocycles. The summed E-state index contributed by atoms with van der Waals surface area (Å²) in [6.45, 7) is 9.15. The normalized spacial score (nSPS) is 10.2. The first-order valence-corrected chi connectivity index (χ1v) is 9.17. The number of benzene rings is 2. The number of carbonyl (C=O) groups excluding carboxylic acids is 1. The van der Waals surface area contributed by atoms with E-state index in [0.717, 1.165) is 16.8 Å². The Balaban J connectivity index is 2.40. The molecule has 0 aliphatic rings. The zero-order valence-corrected chi connectivity index (χ0v) is 16.4. The van der Waals surface area contributed by atoms with Crippen molar-refractivity contribution in [3.8, 4) is 17.6 Å². The van der Waals surface area contributed by atoms with Gasteiger partial charge in [0.1, 0.15) is 0 Å². The average Bonchev–Trinajstić information content (AvgIpc) is 2.66. The van der Waals surface area contributed by atoms with Gasteiger partial charge in [-0.15, -0.1) is 0 Å². The molecule has 0 N–H and O–H groups in total. The number of carbonyl (C=O) groups is 1. The smallest absolute Gasteiger partial charge is 0.258 e. The van der Waals surface area contributed by atoms with Crippen LogP contribution in [0, 0.1) is 25.2 Å². The van der Waals surface area contributed by atoms with Crippen molar-refractivity contribution in [1.29, 1.82) is 5.26 Å². The van der Waals surface area contributed by atoms with E-state index in [9.17, 15) is 4.79 Å². The highest BCUT2D eigenvalue weighted by Gasteiger charge is 2.20. The molecule has 0 bridgehead atoms. The Morgan fingerprint density at radius 1 is 1.00 bits per heavy atom. The highest BCUT2D eigenvalue weighted by molar-refractivity contribution is 6.06. The second-order valence-electron chi connectivity index (χ2n) is 6.16. The summed E-state index contributed by atoms with van der Waals surface area (Å²) in [6, 6.07) is 13.2. The summed E-state index contributed by atoms with van der Waals surface area (Å²) in [5.41, 5.74) is 3.54. The summed E-state index contributed by atoms with van der Waals surface area (Å²) in [4.78, 5) is 14.8. The number of aryl methyl sites for hydroxylation is 2. The predicted octanol–water partition coefficient (Wildman–Crippen LogP) is 4.66. The van der Waals surface area contributed by atoms with E-state index in [1.807, 2.05) is 45.9 Å². The summed E-state index contributed by atoms with van der Waals surface area (Å²) < 4.78 is 11.2. The average molecular weight is 366 g/mol. The fourth-order valence-electron chi connectivity index (χ4n) is 2.74. The second kappa shape index (κ2) is 9.63. The van der Waals surface area contributed by atoms with Crippen LogP contribution in [-0.4, -0.2) is 25.7 Å². The number of hydrogen-bond donors (Lipinski definition) is 0. The van der Waals surface area contributed by atoms with Gasteiger partial charge in [0.25, 0.3) is 5.91 Å². The maximum Gasteiger partial charge on any atom is 0.258 e.